The van der Waals surface area contributed by atoms with Crippen molar-refractivity contribution in [2.75, 3.05) is 19.1 Å². The maximum atomic E-state index is 7.96. The number of benzene rings is 2. The van der Waals surface area contributed by atoms with E-state index >= 15 is 0 Å². The second kappa shape index (κ2) is 8.85. The average molecular weight is 361 g/mol. The second-order valence-corrected chi connectivity index (χ2v) is 6.04. The molecule has 0 amide bonds. The van der Waals surface area contributed by atoms with E-state index in [4.69, 9.17) is 14.9 Å². The van der Waals surface area contributed by atoms with Gasteiger partial charge in [0.15, 0.2) is 0 Å². The minimum absolute atomic E-state index is 0.548. The molecule has 0 aromatic heterocycles. The van der Waals surface area contributed by atoms with Crippen molar-refractivity contribution in [2.45, 2.75) is 13.3 Å². The summed E-state index contributed by atoms with van der Waals surface area (Å²) in [6.45, 7) is 2.60. The summed E-state index contributed by atoms with van der Waals surface area (Å²) in [4.78, 5) is 0. The maximum absolute atomic E-state index is 7.96. The predicted molar refractivity (Wildman–Crippen MR) is 111 cm³/mol. The van der Waals surface area contributed by atoms with Gasteiger partial charge >= 0.3 is 0 Å². The molecular formula is C22H23N3O2. The van der Waals surface area contributed by atoms with E-state index in [0.717, 1.165) is 34.0 Å². The third kappa shape index (κ3) is 5.07. The molecule has 5 nitrogen and oxygen atoms in total. The van der Waals surface area contributed by atoms with Crippen LogP contribution in [0.25, 0.3) is 6.08 Å². The molecule has 5 heteroatoms. The van der Waals surface area contributed by atoms with Crippen molar-refractivity contribution in [3.05, 3.63) is 71.8 Å². The first kappa shape index (κ1) is 18.5. The van der Waals surface area contributed by atoms with Gasteiger partial charge in [-0.1, -0.05) is 12.1 Å². The van der Waals surface area contributed by atoms with Crippen molar-refractivity contribution in [3.63, 3.8) is 0 Å². The van der Waals surface area contributed by atoms with Gasteiger partial charge in [-0.3, -0.25) is 5.43 Å². The Hall–Kier alpha value is -3.34. The van der Waals surface area contributed by atoms with Crippen LogP contribution in [0.3, 0.4) is 0 Å². The molecule has 138 valence electrons. The molecule has 0 atom stereocenters. The summed E-state index contributed by atoms with van der Waals surface area (Å²) in [7, 11) is 1.65. The van der Waals surface area contributed by atoms with E-state index in [-0.39, 0.29) is 0 Å². The molecule has 0 spiro atoms. The monoisotopic (exact) mass is 361 g/mol. The summed E-state index contributed by atoms with van der Waals surface area (Å²) in [6, 6.07) is 15.5. The minimum Gasteiger partial charge on any atom is -0.497 e. The Morgan fingerprint density at radius 3 is 2.41 bits per heavy atom. The highest BCUT2D eigenvalue weighted by Crippen LogP contribution is 2.21. The highest BCUT2D eigenvalue weighted by Gasteiger charge is 2.12. The SMILES string of the molecule is CCOc1ccc(NN=C2C=CC(=N)CC2=Cc2ccc(OC)cc2)cc1. The number of allylic oxidation sites excluding steroid dienone is 3. The van der Waals surface area contributed by atoms with E-state index in [1.165, 1.54) is 0 Å². The normalized spacial score (nSPS) is 16.6. The highest BCUT2D eigenvalue weighted by molar-refractivity contribution is 6.20. The van der Waals surface area contributed by atoms with E-state index in [1.54, 1.807) is 13.2 Å². The van der Waals surface area contributed by atoms with Crippen LogP contribution in [0.2, 0.25) is 0 Å². The number of rotatable bonds is 6. The molecule has 0 radical (unpaired) electrons. The van der Waals surface area contributed by atoms with E-state index < -0.39 is 0 Å². The van der Waals surface area contributed by atoms with Crippen molar-refractivity contribution < 1.29 is 9.47 Å². The fourth-order valence-corrected chi connectivity index (χ4v) is 2.69. The van der Waals surface area contributed by atoms with Gasteiger partial charge < -0.3 is 14.9 Å². The lowest BCUT2D eigenvalue weighted by atomic mass is 9.95. The Morgan fingerprint density at radius 1 is 1.04 bits per heavy atom. The van der Waals surface area contributed by atoms with Crippen LogP contribution in [-0.4, -0.2) is 25.1 Å². The third-order valence-electron chi connectivity index (χ3n) is 4.08. The number of ether oxygens (including phenoxy) is 2. The van der Waals surface area contributed by atoms with Crippen LogP contribution in [-0.2, 0) is 0 Å². The first-order valence-electron chi connectivity index (χ1n) is 8.85. The van der Waals surface area contributed by atoms with Gasteiger partial charge in [0.2, 0.25) is 0 Å². The summed E-state index contributed by atoms with van der Waals surface area (Å²) in [6.07, 6.45) is 6.25. The summed E-state index contributed by atoms with van der Waals surface area (Å²) in [5.74, 6) is 1.65. The van der Waals surface area contributed by atoms with Crippen LogP contribution in [0.5, 0.6) is 11.5 Å². The quantitative estimate of drug-likeness (QED) is 0.717. The molecule has 1 aliphatic carbocycles. The number of nitrogens with zero attached hydrogens (tertiary/aromatic N) is 1. The summed E-state index contributed by atoms with van der Waals surface area (Å²) in [5, 5.41) is 12.5. The smallest absolute Gasteiger partial charge is 0.119 e. The van der Waals surface area contributed by atoms with Crippen molar-refractivity contribution in [3.8, 4) is 11.5 Å². The van der Waals surface area contributed by atoms with E-state index in [2.05, 4.69) is 16.6 Å². The molecule has 0 heterocycles. The Kier molecular flexibility index (Phi) is 6.05. The van der Waals surface area contributed by atoms with Gasteiger partial charge in [-0.2, -0.15) is 5.10 Å². The lowest BCUT2D eigenvalue weighted by Crippen LogP contribution is -2.12. The summed E-state index contributed by atoms with van der Waals surface area (Å²) in [5.41, 5.74) is 7.38. The Bertz CT molecular complexity index is 879. The first-order chi connectivity index (χ1) is 13.2. The average Bonchev–Trinajstić information content (AvgIpc) is 2.69. The van der Waals surface area contributed by atoms with Crippen molar-refractivity contribution in [2.24, 2.45) is 5.10 Å². The van der Waals surface area contributed by atoms with Crippen molar-refractivity contribution in [1.29, 1.82) is 5.41 Å². The van der Waals surface area contributed by atoms with E-state index in [0.29, 0.717) is 18.7 Å². The predicted octanol–water partition coefficient (Wildman–Crippen LogP) is 4.93. The van der Waals surface area contributed by atoms with Gasteiger partial charge in [-0.15, -0.1) is 0 Å². The molecule has 0 bridgehead atoms. The van der Waals surface area contributed by atoms with Crippen LogP contribution in [0.1, 0.15) is 18.9 Å². The van der Waals surface area contributed by atoms with Crippen LogP contribution < -0.4 is 14.9 Å². The Labute approximate surface area is 159 Å². The molecule has 2 aromatic rings. The molecule has 0 unspecified atom stereocenters. The number of hydrazone groups is 1. The van der Waals surface area contributed by atoms with Gasteiger partial charge in [-0.25, -0.2) is 0 Å². The fraction of sp³-hybridized carbons (Fsp3) is 0.182. The Balaban J connectivity index is 1.79. The number of nitrogens with one attached hydrogen (secondary N) is 2. The molecule has 0 fully saturated rings. The number of hydrogen-bond donors (Lipinski definition) is 2. The number of anilines is 1. The molecule has 2 N–H and O–H groups in total. The molecule has 3 rings (SSSR count). The van der Waals surface area contributed by atoms with Crippen molar-refractivity contribution in [1.82, 2.24) is 0 Å². The second-order valence-electron chi connectivity index (χ2n) is 6.04. The number of methoxy groups -OCH3 is 1. The van der Waals surface area contributed by atoms with Gasteiger partial charge in [0.1, 0.15) is 11.5 Å². The molecule has 0 saturated carbocycles. The van der Waals surface area contributed by atoms with Crippen LogP contribution in [0.4, 0.5) is 5.69 Å². The maximum Gasteiger partial charge on any atom is 0.119 e. The molecule has 27 heavy (non-hydrogen) atoms. The number of hydrogen-bond acceptors (Lipinski definition) is 5. The molecule has 1 aliphatic rings. The van der Waals surface area contributed by atoms with E-state index in [1.807, 2.05) is 61.5 Å². The van der Waals surface area contributed by atoms with Gasteiger partial charge in [0.25, 0.3) is 0 Å². The van der Waals surface area contributed by atoms with Crippen molar-refractivity contribution >= 4 is 23.2 Å². The van der Waals surface area contributed by atoms with Gasteiger partial charge in [0.05, 0.1) is 25.1 Å². The van der Waals surface area contributed by atoms with Crippen LogP contribution in [0, 0.1) is 5.41 Å². The standard InChI is InChI=1S/C22H23N3O2/c1-3-27-21-11-7-19(8-12-21)24-25-22-13-6-18(23)15-17(22)14-16-4-9-20(26-2)10-5-16/h4-14,23-24H,3,15H2,1-2H3. The zero-order valence-electron chi connectivity index (χ0n) is 15.5. The van der Waals surface area contributed by atoms with E-state index in [9.17, 15) is 0 Å². The molecule has 2 aromatic carbocycles. The molecule has 0 saturated heterocycles. The zero-order valence-corrected chi connectivity index (χ0v) is 15.5. The Morgan fingerprint density at radius 2 is 1.74 bits per heavy atom. The summed E-state index contributed by atoms with van der Waals surface area (Å²) < 4.78 is 10.7. The third-order valence-corrected chi connectivity index (χ3v) is 4.08. The fourth-order valence-electron chi connectivity index (χ4n) is 2.69. The largest absolute Gasteiger partial charge is 0.497 e. The first-order valence-corrected chi connectivity index (χ1v) is 8.85. The lowest BCUT2D eigenvalue weighted by Gasteiger charge is -2.13. The van der Waals surface area contributed by atoms with Gasteiger partial charge in [0, 0.05) is 12.1 Å². The minimum atomic E-state index is 0.548. The lowest BCUT2D eigenvalue weighted by molar-refractivity contribution is 0.340. The molecular weight excluding hydrogens is 338 g/mol. The van der Waals surface area contributed by atoms with Crippen LogP contribution in [0.15, 0.2) is 71.4 Å². The molecule has 0 aliphatic heterocycles. The van der Waals surface area contributed by atoms with Crippen LogP contribution >= 0.6 is 0 Å². The van der Waals surface area contributed by atoms with Gasteiger partial charge in [-0.05, 0) is 72.7 Å². The summed E-state index contributed by atoms with van der Waals surface area (Å²) >= 11 is 0. The highest BCUT2D eigenvalue weighted by atomic mass is 16.5. The zero-order chi connectivity index (χ0) is 19.1. The topological polar surface area (TPSA) is 66.7 Å².